The van der Waals surface area contributed by atoms with Gasteiger partial charge in [-0.3, -0.25) is 0 Å². The number of benzene rings is 3. The van der Waals surface area contributed by atoms with Crippen LogP contribution in [-0.2, 0) is 11.2 Å². The minimum atomic E-state index is -0.312. The fourth-order valence-corrected chi connectivity index (χ4v) is 7.64. The van der Waals surface area contributed by atoms with Crippen LogP contribution in [0.2, 0.25) is 0 Å². The van der Waals surface area contributed by atoms with E-state index in [9.17, 15) is 4.79 Å². The number of carbonyl (C=O) groups excluding carboxylic acids is 1. The molecule has 1 atom stereocenters. The summed E-state index contributed by atoms with van der Waals surface area (Å²) in [6.45, 7) is 7.55. The molecule has 0 amide bonds. The van der Waals surface area contributed by atoms with E-state index >= 15 is 0 Å². The summed E-state index contributed by atoms with van der Waals surface area (Å²) in [7, 11) is 0. The molecule has 0 aliphatic heterocycles. The summed E-state index contributed by atoms with van der Waals surface area (Å²) >= 11 is 0. The van der Waals surface area contributed by atoms with Crippen LogP contribution in [0.1, 0.15) is 222 Å². The Balaban J connectivity index is 1.23. The predicted octanol–water partition coefficient (Wildman–Crippen LogP) is 16.8. The Labute approximate surface area is 338 Å². The second-order valence-corrected chi connectivity index (χ2v) is 16.3. The molecule has 0 heterocycles. The molecule has 0 spiro atoms. The highest BCUT2D eigenvalue weighted by Crippen LogP contribution is 2.26. The maximum atomic E-state index is 12.9. The maximum Gasteiger partial charge on any atom is 0.343 e. The predicted molar refractivity (Wildman–Crippen MR) is 237 cm³/mol. The van der Waals surface area contributed by atoms with Crippen molar-refractivity contribution in [3.05, 3.63) is 89.5 Å². The van der Waals surface area contributed by atoms with Gasteiger partial charge in [0.15, 0.2) is 0 Å². The van der Waals surface area contributed by atoms with Gasteiger partial charge in [-0.1, -0.05) is 223 Å². The van der Waals surface area contributed by atoms with Crippen LogP contribution in [-0.4, -0.2) is 12.6 Å². The molecule has 0 saturated heterocycles. The molecule has 3 heteroatoms. The van der Waals surface area contributed by atoms with Crippen LogP contribution in [0.5, 0.6) is 5.75 Å². The highest BCUT2D eigenvalue weighted by atomic mass is 16.5. The SMILES string of the molecule is CCCCCCCCCCCCCCCCOC(C)c1ccc(-c2ccc(OC(=O)c3ccc(CCCCCCCCCCCCCCC)cc3)cc2)cc1. The van der Waals surface area contributed by atoms with Crippen molar-refractivity contribution in [2.75, 3.05) is 6.61 Å². The minimum absolute atomic E-state index is 0.0890. The van der Waals surface area contributed by atoms with Gasteiger partial charge in [0.2, 0.25) is 0 Å². The van der Waals surface area contributed by atoms with Crippen molar-refractivity contribution in [2.45, 2.75) is 207 Å². The highest BCUT2D eigenvalue weighted by molar-refractivity contribution is 5.91. The van der Waals surface area contributed by atoms with Gasteiger partial charge in [-0.25, -0.2) is 4.79 Å². The Hall–Kier alpha value is -2.91. The number of unbranched alkanes of at least 4 members (excludes halogenated alkanes) is 25. The largest absolute Gasteiger partial charge is 0.423 e. The summed E-state index contributed by atoms with van der Waals surface area (Å²) in [5.41, 5.74) is 5.32. The lowest BCUT2D eigenvalue weighted by atomic mass is 10.0. The summed E-state index contributed by atoms with van der Waals surface area (Å²) in [6.07, 6.45) is 38.2. The molecular formula is C52H80O3. The molecule has 1 unspecified atom stereocenters. The van der Waals surface area contributed by atoms with Crippen molar-refractivity contribution >= 4 is 5.97 Å². The number of carbonyl (C=O) groups is 1. The molecule has 0 bridgehead atoms. The summed E-state index contributed by atoms with van der Waals surface area (Å²) in [4.78, 5) is 12.9. The fourth-order valence-electron chi connectivity index (χ4n) is 7.64. The van der Waals surface area contributed by atoms with E-state index in [2.05, 4.69) is 57.2 Å². The average Bonchev–Trinajstić information content (AvgIpc) is 3.21. The summed E-state index contributed by atoms with van der Waals surface area (Å²) < 4.78 is 11.9. The van der Waals surface area contributed by atoms with E-state index in [1.54, 1.807) is 0 Å². The molecule has 0 aliphatic carbocycles. The first kappa shape index (κ1) is 46.5. The maximum absolute atomic E-state index is 12.9. The molecule has 306 valence electrons. The Morgan fingerprint density at radius 2 is 0.836 bits per heavy atom. The number of ether oxygens (including phenoxy) is 2. The van der Waals surface area contributed by atoms with E-state index < -0.39 is 0 Å². The number of hydrogen-bond donors (Lipinski definition) is 0. The van der Waals surface area contributed by atoms with Crippen LogP contribution in [0.4, 0.5) is 0 Å². The second kappa shape index (κ2) is 31.2. The quantitative estimate of drug-likeness (QED) is 0.0346. The van der Waals surface area contributed by atoms with Gasteiger partial charge in [0, 0.05) is 6.61 Å². The van der Waals surface area contributed by atoms with Crippen molar-refractivity contribution in [3.8, 4) is 16.9 Å². The monoisotopic (exact) mass is 753 g/mol. The number of aryl methyl sites for hydroxylation is 1. The van der Waals surface area contributed by atoms with Crippen LogP contribution in [0, 0.1) is 0 Å². The Bertz CT molecular complexity index is 1330. The van der Waals surface area contributed by atoms with Crippen molar-refractivity contribution in [1.29, 1.82) is 0 Å². The van der Waals surface area contributed by atoms with Gasteiger partial charge in [-0.05, 0) is 72.7 Å². The van der Waals surface area contributed by atoms with Crippen LogP contribution in [0.15, 0.2) is 72.8 Å². The lowest BCUT2D eigenvalue weighted by Crippen LogP contribution is -2.08. The van der Waals surface area contributed by atoms with E-state index in [1.165, 1.54) is 178 Å². The number of hydrogen-bond acceptors (Lipinski definition) is 3. The Morgan fingerprint density at radius 1 is 0.455 bits per heavy atom. The van der Waals surface area contributed by atoms with Crippen molar-refractivity contribution in [3.63, 3.8) is 0 Å². The number of rotatable bonds is 34. The van der Waals surface area contributed by atoms with E-state index in [-0.39, 0.29) is 12.1 Å². The van der Waals surface area contributed by atoms with Crippen LogP contribution in [0.25, 0.3) is 11.1 Å². The third-order valence-corrected chi connectivity index (χ3v) is 11.4. The van der Waals surface area contributed by atoms with Crippen molar-refractivity contribution in [1.82, 2.24) is 0 Å². The van der Waals surface area contributed by atoms with Crippen LogP contribution >= 0.6 is 0 Å². The standard InChI is InChI=1S/C52H80O3/c1-4-6-8-10-12-14-16-18-20-22-24-26-28-30-44-54-45(3)47-36-38-48(39-37-47)49-40-42-51(43-41-49)55-52(53)50-34-32-46(33-35-50)31-29-27-25-23-21-19-17-15-13-11-9-7-5-2/h32-43,45H,4-31,44H2,1-3H3. The molecule has 0 saturated carbocycles. The van der Waals surface area contributed by atoms with Crippen molar-refractivity contribution < 1.29 is 14.3 Å². The second-order valence-electron chi connectivity index (χ2n) is 16.3. The third kappa shape index (κ3) is 21.8. The Kier molecular flexibility index (Phi) is 26.4. The average molecular weight is 753 g/mol. The molecule has 0 aromatic heterocycles. The first-order valence-electron chi connectivity index (χ1n) is 23.2. The summed E-state index contributed by atoms with van der Waals surface area (Å²) in [6, 6.07) is 24.4. The van der Waals surface area contributed by atoms with Gasteiger partial charge in [-0.2, -0.15) is 0 Å². The van der Waals surface area contributed by atoms with Gasteiger partial charge >= 0.3 is 5.97 Å². The first-order valence-corrected chi connectivity index (χ1v) is 23.2. The van der Waals surface area contributed by atoms with Crippen molar-refractivity contribution in [2.24, 2.45) is 0 Å². The van der Waals surface area contributed by atoms with Gasteiger partial charge in [0.1, 0.15) is 5.75 Å². The summed E-state index contributed by atoms with van der Waals surface area (Å²) in [5, 5.41) is 0. The fraction of sp³-hybridized carbons (Fsp3) is 0.635. The molecule has 0 fully saturated rings. The molecule has 3 aromatic rings. The van der Waals surface area contributed by atoms with Gasteiger partial charge in [-0.15, -0.1) is 0 Å². The third-order valence-electron chi connectivity index (χ3n) is 11.4. The van der Waals surface area contributed by atoms with E-state index in [0.29, 0.717) is 11.3 Å². The topological polar surface area (TPSA) is 35.5 Å². The summed E-state index contributed by atoms with van der Waals surface area (Å²) in [5.74, 6) is 0.250. The smallest absolute Gasteiger partial charge is 0.343 e. The van der Waals surface area contributed by atoms with Gasteiger partial charge < -0.3 is 9.47 Å². The molecule has 0 radical (unpaired) electrons. The van der Waals surface area contributed by atoms with E-state index in [1.807, 2.05) is 36.4 Å². The normalized spacial score (nSPS) is 11.9. The minimum Gasteiger partial charge on any atom is -0.423 e. The first-order chi connectivity index (χ1) is 27.1. The van der Waals surface area contributed by atoms with Crippen LogP contribution < -0.4 is 4.74 Å². The van der Waals surface area contributed by atoms with E-state index in [4.69, 9.17) is 9.47 Å². The number of esters is 1. The van der Waals surface area contributed by atoms with Gasteiger partial charge in [0.05, 0.1) is 11.7 Å². The molecule has 3 nitrogen and oxygen atoms in total. The molecule has 3 rings (SSSR count). The zero-order chi connectivity index (χ0) is 39.0. The zero-order valence-corrected chi connectivity index (χ0v) is 35.7. The van der Waals surface area contributed by atoms with Gasteiger partial charge in [0.25, 0.3) is 0 Å². The van der Waals surface area contributed by atoms with Crippen LogP contribution in [0.3, 0.4) is 0 Å². The molecule has 0 N–H and O–H groups in total. The van der Waals surface area contributed by atoms with E-state index in [0.717, 1.165) is 30.6 Å². The molecule has 3 aromatic carbocycles. The molecular weight excluding hydrogens is 673 g/mol. The lowest BCUT2D eigenvalue weighted by Gasteiger charge is -2.14. The molecule has 0 aliphatic rings. The molecule has 55 heavy (non-hydrogen) atoms. The Morgan fingerprint density at radius 3 is 1.27 bits per heavy atom. The highest BCUT2D eigenvalue weighted by Gasteiger charge is 2.10. The zero-order valence-electron chi connectivity index (χ0n) is 35.7. The lowest BCUT2D eigenvalue weighted by molar-refractivity contribution is 0.0627.